The Morgan fingerprint density at radius 3 is 2.07 bits per heavy atom. The average Bonchev–Trinajstić information content (AvgIpc) is 3.18. The molecule has 0 N–H and O–H groups in total. The Kier molecular flexibility index (Phi) is 13.0. The molecule has 0 amide bonds. The first-order valence-electron chi connectivity index (χ1n) is 10.2. The van der Waals surface area contributed by atoms with Crippen molar-refractivity contribution in [2.24, 2.45) is 0 Å². The monoisotopic (exact) mass is 398 g/mol. The van der Waals surface area contributed by atoms with Crippen molar-refractivity contribution >= 4 is 17.9 Å². The molecule has 0 radical (unpaired) electrons. The quantitative estimate of drug-likeness (QED) is 0.181. The van der Waals surface area contributed by atoms with Crippen molar-refractivity contribution in [3.05, 3.63) is 12.2 Å². The summed E-state index contributed by atoms with van der Waals surface area (Å²) in [6, 6.07) is 0. The molecule has 1 atom stereocenters. The molecule has 1 heterocycles. The predicted octanol–water partition coefficient (Wildman–Crippen LogP) is 3.49. The van der Waals surface area contributed by atoms with Gasteiger partial charge in [0.25, 0.3) is 0 Å². The van der Waals surface area contributed by atoms with Gasteiger partial charge in [0.15, 0.2) is 0 Å². The Balaban J connectivity index is 1.85. The van der Waals surface area contributed by atoms with Crippen molar-refractivity contribution < 1.29 is 33.3 Å². The number of carbonyl (C=O) groups is 3. The van der Waals surface area contributed by atoms with E-state index in [1.54, 1.807) is 6.92 Å². The van der Waals surface area contributed by atoms with Crippen LogP contribution in [-0.2, 0) is 33.3 Å². The Morgan fingerprint density at radius 1 is 0.893 bits per heavy atom. The third kappa shape index (κ3) is 12.5. The molecule has 0 saturated carbocycles. The van der Waals surface area contributed by atoms with E-state index in [-0.39, 0.29) is 24.0 Å². The number of rotatable bonds is 15. The average molecular weight is 398 g/mol. The van der Waals surface area contributed by atoms with E-state index >= 15 is 0 Å². The minimum absolute atomic E-state index is 0.0646. The molecule has 1 aliphatic rings. The van der Waals surface area contributed by atoms with E-state index in [9.17, 15) is 14.4 Å². The summed E-state index contributed by atoms with van der Waals surface area (Å²) < 4.78 is 20.7. The highest BCUT2D eigenvalue weighted by atomic mass is 16.6. The first-order chi connectivity index (χ1) is 13.5. The fourth-order valence-electron chi connectivity index (χ4n) is 2.68. The highest BCUT2D eigenvalue weighted by Crippen LogP contribution is 2.12. The van der Waals surface area contributed by atoms with Crippen molar-refractivity contribution in [2.75, 3.05) is 26.4 Å². The molecule has 7 heteroatoms. The molecule has 1 saturated heterocycles. The standard InChI is InChI=1S/C21H34O7/c1-17(2)21(24)27-14-8-4-5-11-19(22)26-13-7-3-6-12-20(23)28-16-18-10-9-15-25-18/h18H,1,3-16H2,2H3. The Labute approximate surface area is 167 Å². The summed E-state index contributed by atoms with van der Waals surface area (Å²) in [5, 5.41) is 0. The number of unbranched alkanes of at least 4 members (excludes halogenated alkanes) is 4. The number of hydrogen-bond acceptors (Lipinski definition) is 7. The molecule has 1 unspecified atom stereocenters. The van der Waals surface area contributed by atoms with E-state index in [1.807, 2.05) is 0 Å². The highest BCUT2D eigenvalue weighted by Gasteiger charge is 2.17. The molecule has 0 aromatic carbocycles. The second-order valence-corrected chi connectivity index (χ2v) is 7.08. The van der Waals surface area contributed by atoms with Gasteiger partial charge in [-0.2, -0.15) is 0 Å². The summed E-state index contributed by atoms with van der Waals surface area (Å²) in [6.07, 6.45) is 7.31. The van der Waals surface area contributed by atoms with E-state index in [2.05, 4.69) is 6.58 Å². The SMILES string of the molecule is C=C(C)C(=O)OCCCCCC(=O)OCCCCCC(=O)OCC1CCCO1. The van der Waals surface area contributed by atoms with Crippen molar-refractivity contribution in [3.8, 4) is 0 Å². The summed E-state index contributed by atoms with van der Waals surface area (Å²) in [4.78, 5) is 34.4. The van der Waals surface area contributed by atoms with Crippen LogP contribution in [-0.4, -0.2) is 50.4 Å². The van der Waals surface area contributed by atoms with E-state index in [4.69, 9.17) is 18.9 Å². The Morgan fingerprint density at radius 2 is 1.50 bits per heavy atom. The summed E-state index contributed by atoms with van der Waals surface area (Å²) >= 11 is 0. The summed E-state index contributed by atoms with van der Waals surface area (Å²) in [6.45, 7) is 6.95. The van der Waals surface area contributed by atoms with Crippen LogP contribution in [0.1, 0.15) is 71.1 Å². The lowest BCUT2D eigenvalue weighted by molar-refractivity contribution is -0.147. The van der Waals surface area contributed by atoms with Crippen LogP contribution in [0.15, 0.2) is 12.2 Å². The van der Waals surface area contributed by atoms with Crippen LogP contribution >= 0.6 is 0 Å². The van der Waals surface area contributed by atoms with Gasteiger partial charge >= 0.3 is 17.9 Å². The first kappa shape index (κ1) is 24.1. The summed E-state index contributed by atoms with van der Waals surface area (Å²) in [5.74, 6) is -0.785. The van der Waals surface area contributed by atoms with Gasteiger partial charge in [-0.3, -0.25) is 9.59 Å². The lowest BCUT2D eigenvalue weighted by Gasteiger charge is -2.10. The zero-order valence-corrected chi connectivity index (χ0v) is 17.0. The summed E-state index contributed by atoms with van der Waals surface area (Å²) in [5.41, 5.74) is 0.388. The molecule has 1 rings (SSSR count). The van der Waals surface area contributed by atoms with Gasteiger partial charge in [-0.1, -0.05) is 6.58 Å². The molecular formula is C21H34O7. The van der Waals surface area contributed by atoms with Gasteiger partial charge in [0.2, 0.25) is 0 Å². The first-order valence-corrected chi connectivity index (χ1v) is 10.2. The zero-order valence-electron chi connectivity index (χ0n) is 17.0. The molecule has 160 valence electrons. The number of hydrogen-bond donors (Lipinski definition) is 0. The highest BCUT2D eigenvalue weighted by molar-refractivity contribution is 5.86. The zero-order chi connectivity index (χ0) is 20.6. The minimum atomic E-state index is -0.379. The maximum absolute atomic E-state index is 11.6. The van der Waals surface area contributed by atoms with Gasteiger partial charge in [0.1, 0.15) is 6.61 Å². The van der Waals surface area contributed by atoms with Crippen LogP contribution in [0.25, 0.3) is 0 Å². The smallest absolute Gasteiger partial charge is 0.333 e. The van der Waals surface area contributed by atoms with Gasteiger partial charge in [0.05, 0.1) is 19.3 Å². The van der Waals surface area contributed by atoms with Crippen molar-refractivity contribution in [3.63, 3.8) is 0 Å². The maximum Gasteiger partial charge on any atom is 0.333 e. The van der Waals surface area contributed by atoms with E-state index < -0.39 is 0 Å². The van der Waals surface area contributed by atoms with Crippen LogP contribution in [0.3, 0.4) is 0 Å². The van der Waals surface area contributed by atoms with E-state index in [1.165, 1.54) is 0 Å². The van der Waals surface area contributed by atoms with Crippen molar-refractivity contribution in [1.29, 1.82) is 0 Å². The van der Waals surface area contributed by atoms with Crippen LogP contribution in [0.5, 0.6) is 0 Å². The van der Waals surface area contributed by atoms with Crippen LogP contribution in [0.4, 0.5) is 0 Å². The van der Waals surface area contributed by atoms with Crippen LogP contribution < -0.4 is 0 Å². The van der Waals surface area contributed by atoms with Gasteiger partial charge in [-0.05, 0) is 58.3 Å². The van der Waals surface area contributed by atoms with E-state index in [0.29, 0.717) is 44.7 Å². The van der Waals surface area contributed by atoms with Gasteiger partial charge < -0.3 is 18.9 Å². The molecule has 1 fully saturated rings. The van der Waals surface area contributed by atoms with Crippen molar-refractivity contribution in [2.45, 2.75) is 77.2 Å². The normalized spacial score (nSPS) is 15.8. The molecular weight excluding hydrogens is 364 g/mol. The second-order valence-electron chi connectivity index (χ2n) is 7.08. The molecule has 0 aliphatic carbocycles. The fraction of sp³-hybridized carbons (Fsp3) is 0.762. The third-order valence-corrected chi connectivity index (χ3v) is 4.35. The number of ether oxygens (including phenoxy) is 4. The van der Waals surface area contributed by atoms with Gasteiger partial charge in [-0.25, -0.2) is 4.79 Å². The Hall–Kier alpha value is -1.89. The lowest BCUT2D eigenvalue weighted by atomic mass is 10.2. The number of esters is 3. The third-order valence-electron chi connectivity index (χ3n) is 4.35. The van der Waals surface area contributed by atoms with Gasteiger partial charge in [0, 0.05) is 25.0 Å². The predicted molar refractivity (Wildman–Crippen MR) is 104 cm³/mol. The van der Waals surface area contributed by atoms with Crippen molar-refractivity contribution in [1.82, 2.24) is 0 Å². The Bertz CT molecular complexity index is 495. The lowest BCUT2D eigenvalue weighted by Crippen LogP contribution is -2.17. The molecule has 0 aromatic heterocycles. The van der Waals surface area contributed by atoms with Crippen LogP contribution in [0, 0.1) is 0 Å². The van der Waals surface area contributed by atoms with Crippen LogP contribution in [0.2, 0.25) is 0 Å². The minimum Gasteiger partial charge on any atom is -0.466 e. The number of carbonyl (C=O) groups excluding carboxylic acids is 3. The molecule has 0 bridgehead atoms. The molecule has 0 aromatic rings. The van der Waals surface area contributed by atoms with E-state index in [0.717, 1.165) is 51.6 Å². The fourth-order valence-corrected chi connectivity index (χ4v) is 2.68. The summed E-state index contributed by atoms with van der Waals surface area (Å²) in [7, 11) is 0. The molecule has 28 heavy (non-hydrogen) atoms. The molecule has 7 nitrogen and oxygen atoms in total. The van der Waals surface area contributed by atoms with Gasteiger partial charge in [-0.15, -0.1) is 0 Å². The topological polar surface area (TPSA) is 88.1 Å². The largest absolute Gasteiger partial charge is 0.466 e. The maximum atomic E-state index is 11.6. The second kappa shape index (κ2) is 15.1. The molecule has 0 spiro atoms. The molecule has 1 aliphatic heterocycles.